The minimum Gasteiger partial charge on any atom is -0.481 e. The lowest BCUT2D eigenvalue weighted by atomic mass is 10.2. The van der Waals surface area contributed by atoms with Gasteiger partial charge in [0.1, 0.15) is 5.75 Å². The van der Waals surface area contributed by atoms with Gasteiger partial charge in [-0.2, -0.15) is 0 Å². The Hall–Kier alpha value is -2.16. The largest absolute Gasteiger partial charge is 0.481 e. The molecule has 0 atom stereocenters. The topological polar surface area (TPSA) is 55.8 Å². The number of aryl methyl sites for hydroxylation is 1. The Bertz CT molecular complexity index is 973. The number of esters is 1. The Morgan fingerprint density at radius 3 is 2.61 bits per heavy atom. The summed E-state index contributed by atoms with van der Waals surface area (Å²) in [6, 6.07) is 13.0. The molecule has 3 rings (SSSR count). The Morgan fingerprint density at radius 2 is 1.96 bits per heavy atom. The standard InChI is InChI=1S/C20H16BrNO4S2/c1-12-3-6-14(7-4-12)22-19(24)17(28-20(22)27)10-13-5-8-16(15(21)9-13)26-11-18(23)25-2/h3-10H,11H2,1-2H3/b17-10-. The first-order valence-corrected chi connectivity index (χ1v) is 10.2. The molecule has 0 N–H and O–H groups in total. The number of amides is 1. The third-order valence-corrected chi connectivity index (χ3v) is 5.83. The highest BCUT2D eigenvalue weighted by Gasteiger charge is 2.33. The minimum atomic E-state index is -0.462. The van der Waals surface area contributed by atoms with Crippen molar-refractivity contribution in [1.82, 2.24) is 0 Å². The number of hydrogen-bond acceptors (Lipinski definition) is 6. The van der Waals surface area contributed by atoms with Crippen molar-refractivity contribution in [2.75, 3.05) is 18.6 Å². The second-order valence-corrected chi connectivity index (χ2v) is 8.44. The fourth-order valence-electron chi connectivity index (χ4n) is 2.46. The van der Waals surface area contributed by atoms with Crippen LogP contribution in [-0.4, -0.2) is 29.9 Å². The molecular formula is C20H16BrNO4S2. The minimum absolute atomic E-state index is 0.152. The van der Waals surface area contributed by atoms with E-state index < -0.39 is 5.97 Å². The van der Waals surface area contributed by atoms with Gasteiger partial charge in [0.15, 0.2) is 10.9 Å². The van der Waals surface area contributed by atoms with Gasteiger partial charge in [0, 0.05) is 0 Å². The molecule has 2 aromatic rings. The van der Waals surface area contributed by atoms with Crippen LogP contribution in [0.5, 0.6) is 5.75 Å². The smallest absolute Gasteiger partial charge is 0.343 e. The second-order valence-electron chi connectivity index (χ2n) is 5.91. The lowest BCUT2D eigenvalue weighted by molar-refractivity contribution is -0.142. The highest BCUT2D eigenvalue weighted by atomic mass is 79.9. The molecule has 1 aliphatic rings. The lowest BCUT2D eigenvalue weighted by Crippen LogP contribution is -2.27. The highest BCUT2D eigenvalue weighted by molar-refractivity contribution is 9.10. The lowest BCUT2D eigenvalue weighted by Gasteiger charge is -2.14. The van der Waals surface area contributed by atoms with Gasteiger partial charge in [-0.3, -0.25) is 9.69 Å². The van der Waals surface area contributed by atoms with E-state index in [1.54, 1.807) is 18.2 Å². The van der Waals surface area contributed by atoms with Crippen LogP contribution in [0.25, 0.3) is 6.08 Å². The number of hydrogen-bond donors (Lipinski definition) is 0. The first-order valence-electron chi connectivity index (χ1n) is 8.23. The van der Waals surface area contributed by atoms with Gasteiger partial charge in [0.2, 0.25) is 0 Å². The fourth-order valence-corrected chi connectivity index (χ4v) is 4.27. The fraction of sp³-hybridized carbons (Fsp3) is 0.150. The summed E-state index contributed by atoms with van der Waals surface area (Å²) in [5, 5.41) is 0. The van der Waals surface area contributed by atoms with Crippen LogP contribution in [0, 0.1) is 6.92 Å². The van der Waals surface area contributed by atoms with Crippen LogP contribution in [0.4, 0.5) is 5.69 Å². The monoisotopic (exact) mass is 477 g/mol. The Kier molecular flexibility index (Phi) is 6.53. The van der Waals surface area contributed by atoms with Crippen molar-refractivity contribution in [3.05, 3.63) is 63.0 Å². The van der Waals surface area contributed by atoms with Gasteiger partial charge in [-0.25, -0.2) is 4.79 Å². The third kappa shape index (κ3) is 4.63. The molecule has 1 fully saturated rings. The van der Waals surface area contributed by atoms with Crippen molar-refractivity contribution >= 4 is 67.9 Å². The van der Waals surface area contributed by atoms with E-state index >= 15 is 0 Å². The van der Waals surface area contributed by atoms with Crippen molar-refractivity contribution in [2.24, 2.45) is 0 Å². The summed E-state index contributed by atoms with van der Waals surface area (Å²) in [4.78, 5) is 26.1. The normalized spacial score (nSPS) is 15.2. The first-order chi connectivity index (χ1) is 13.4. The summed E-state index contributed by atoms with van der Waals surface area (Å²) in [6.07, 6.45) is 1.78. The van der Waals surface area contributed by atoms with Gasteiger partial charge in [-0.05, 0) is 58.8 Å². The van der Waals surface area contributed by atoms with Crippen molar-refractivity contribution < 1.29 is 19.1 Å². The molecule has 0 saturated carbocycles. The van der Waals surface area contributed by atoms with Crippen LogP contribution in [0.3, 0.4) is 0 Å². The first kappa shape index (κ1) is 20.6. The molecule has 1 amide bonds. The van der Waals surface area contributed by atoms with Gasteiger partial charge in [0.25, 0.3) is 5.91 Å². The van der Waals surface area contributed by atoms with Gasteiger partial charge in [0.05, 0.1) is 22.2 Å². The third-order valence-electron chi connectivity index (χ3n) is 3.91. The van der Waals surface area contributed by atoms with E-state index in [0.717, 1.165) is 16.8 Å². The number of nitrogens with zero attached hydrogens (tertiary/aromatic N) is 1. The number of thioether (sulfide) groups is 1. The SMILES string of the molecule is COC(=O)COc1ccc(/C=C2\SC(=S)N(c3ccc(C)cc3)C2=O)cc1Br. The van der Waals surface area contributed by atoms with Crippen LogP contribution >= 0.6 is 39.9 Å². The number of halogens is 1. The van der Waals surface area contributed by atoms with Crippen molar-refractivity contribution in [1.29, 1.82) is 0 Å². The zero-order valence-electron chi connectivity index (χ0n) is 15.1. The summed E-state index contributed by atoms with van der Waals surface area (Å²) in [5.74, 6) is -0.105. The highest BCUT2D eigenvalue weighted by Crippen LogP contribution is 2.37. The maximum Gasteiger partial charge on any atom is 0.343 e. The molecule has 1 aliphatic heterocycles. The van der Waals surface area contributed by atoms with E-state index in [1.807, 2.05) is 37.3 Å². The van der Waals surface area contributed by atoms with E-state index in [0.29, 0.717) is 19.4 Å². The number of anilines is 1. The van der Waals surface area contributed by atoms with Crippen LogP contribution in [0.1, 0.15) is 11.1 Å². The molecule has 0 bridgehead atoms. The average Bonchev–Trinajstić information content (AvgIpc) is 2.95. The van der Waals surface area contributed by atoms with E-state index in [2.05, 4.69) is 20.7 Å². The molecule has 1 heterocycles. The van der Waals surface area contributed by atoms with Gasteiger partial charge in [-0.1, -0.05) is 47.7 Å². The molecule has 144 valence electrons. The van der Waals surface area contributed by atoms with E-state index in [1.165, 1.54) is 23.8 Å². The average molecular weight is 478 g/mol. The van der Waals surface area contributed by atoms with E-state index in [9.17, 15) is 9.59 Å². The summed E-state index contributed by atoms with van der Waals surface area (Å²) in [5.41, 5.74) is 2.68. The van der Waals surface area contributed by atoms with Crippen molar-refractivity contribution in [2.45, 2.75) is 6.92 Å². The molecule has 8 heteroatoms. The Morgan fingerprint density at radius 1 is 1.25 bits per heavy atom. The van der Waals surface area contributed by atoms with E-state index in [-0.39, 0.29) is 12.5 Å². The van der Waals surface area contributed by atoms with Gasteiger partial charge < -0.3 is 9.47 Å². The molecule has 0 unspecified atom stereocenters. The van der Waals surface area contributed by atoms with Crippen LogP contribution < -0.4 is 9.64 Å². The number of carbonyl (C=O) groups excluding carboxylic acids is 2. The molecular weight excluding hydrogens is 462 g/mol. The summed E-state index contributed by atoms with van der Waals surface area (Å²) in [7, 11) is 1.30. The molecule has 0 aliphatic carbocycles. The Labute approximate surface area is 180 Å². The quantitative estimate of drug-likeness (QED) is 0.352. The number of ether oxygens (including phenoxy) is 2. The summed E-state index contributed by atoms with van der Waals surface area (Å²) < 4.78 is 11.1. The zero-order chi connectivity index (χ0) is 20.3. The number of carbonyl (C=O) groups is 2. The number of rotatable bonds is 5. The molecule has 0 radical (unpaired) electrons. The van der Waals surface area contributed by atoms with Gasteiger partial charge >= 0.3 is 5.97 Å². The molecule has 0 spiro atoms. The molecule has 1 saturated heterocycles. The summed E-state index contributed by atoms with van der Waals surface area (Å²) >= 11 is 10.1. The van der Waals surface area contributed by atoms with Crippen molar-refractivity contribution in [3.8, 4) is 5.75 Å². The predicted octanol–water partition coefficient (Wildman–Crippen LogP) is 4.72. The van der Waals surface area contributed by atoms with Crippen molar-refractivity contribution in [3.63, 3.8) is 0 Å². The number of thiocarbonyl (C=S) groups is 1. The predicted molar refractivity (Wildman–Crippen MR) is 118 cm³/mol. The summed E-state index contributed by atoms with van der Waals surface area (Å²) in [6.45, 7) is 1.81. The molecule has 5 nitrogen and oxygen atoms in total. The van der Waals surface area contributed by atoms with Gasteiger partial charge in [-0.15, -0.1) is 0 Å². The van der Waals surface area contributed by atoms with Crippen LogP contribution in [0.15, 0.2) is 51.8 Å². The van der Waals surface area contributed by atoms with E-state index in [4.69, 9.17) is 17.0 Å². The maximum absolute atomic E-state index is 12.8. The van der Waals surface area contributed by atoms with Crippen LogP contribution in [-0.2, 0) is 14.3 Å². The maximum atomic E-state index is 12.8. The molecule has 28 heavy (non-hydrogen) atoms. The molecule has 2 aromatic carbocycles. The number of benzene rings is 2. The zero-order valence-corrected chi connectivity index (χ0v) is 18.3. The number of methoxy groups -OCH3 is 1. The second kappa shape index (κ2) is 8.89. The Balaban J connectivity index is 1.79. The molecule has 0 aromatic heterocycles. The van der Waals surface area contributed by atoms with Crippen LogP contribution in [0.2, 0.25) is 0 Å².